The Labute approximate surface area is 137 Å². The van der Waals surface area contributed by atoms with Crippen molar-refractivity contribution >= 4 is 17.7 Å². The molecule has 1 aromatic rings. The second-order valence-corrected chi connectivity index (χ2v) is 6.13. The summed E-state index contributed by atoms with van der Waals surface area (Å²) in [4.78, 5) is 38.4. The third-order valence-electron chi connectivity index (χ3n) is 4.36. The molecular weight excluding hydrogens is 296 g/mol. The van der Waals surface area contributed by atoms with Crippen molar-refractivity contribution in [1.82, 2.24) is 9.47 Å². The van der Waals surface area contributed by atoms with Gasteiger partial charge in [-0.1, -0.05) is 13.8 Å². The molecule has 0 N–H and O–H groups in total. The van der Waals surface area contributed by atoms with Crippen LogP contribution in [0.1, 0.15) is 52.9 Å². The number of carbonyl (C=O) groups excluding carboxylic acids is 3. The molecule has 0 saturated carbocycles. The van der Waals surface area contributed by atoms with E-state index in [-0.39, 0.29) is 17.6 Å². The SMILES string of the molecule is COC(=O)c1c(C)c(C(=O)C(C)N(C)C(=O)C(C)C)c(C)n1C. The molecule has 0 aromatic carbocycles. The van der Waals surface area contributed by atoms with Crippen molar-refractivity contribution in [3.63, 3.8) is 0 Å². The smallest absolute Gasteiger partial charge is 0.354 e. The van der Waals surface area contributed by atoms with Crippen LogP contribution in [0.3, 0.4) is 0 Å². The van der Waals surface area contributed by atoms with Gasteiger partial charge in [0.1, 0.15) is 5.69 Å². The van der Waals surface area contributed by atoms with E-state index in [0.717, 1.165) is 0 Å². The molecule has 128 valence electrons. The lowest BCUT2D eigenvalue weighted by Gasteiger charge is -2.25. The molecule has 0 spiro atoms. The second-order valence-electron chi connectivity index (χ2n) is 6.13. The van der Waals surface area contributed by atoms with E-state index >= 15 is 0 Å². The molecule has 0 aliphatic heterocycles. The Balaban J connectivity index is 3.29. The first-order chi connectivity index (χ1) is 10.6. The van der Waals surface area contributed by atoms with Crippen molar-refractivity contribution in [2.24, 2.45) is 13.0 Å². The molecule has 1 aromatic heterocycles. The lowest BCUT2D eigenvalue weighted by Crippen LogP contribution is -2.42. The van der Waals surface area contributed by atoms with Gasteiger partial charge in [-0.3, -0.25) is 9.59 Å². The standard InChI is InChI=1S/C17H26N2O4/c1-9(2)16(21)19(7)12(5)15(20)13-10(3)14(17(22)23-8)18(6)11(13)4/h9,12H,1-8H3. The molecule has 6 heteroatoms. The van der Waals surface area contributed by atoms with Gasteiger partial charge in [0.05, 0.1) is 13.2 Å². The molecule has 0 aliphatic carbocycles. The lowest BCUT2D eigenvalue weighted by molar-refractivity contribution is -0.134. The van der Waals surface area contributed by atoms with Crippen LogP contribution in [0.5, 0.6) is 0 Å². The maximum Gasteiger partial charge on any atom is 0.354 e. The highest BCUT2D eigenvalue weighted by Gasteiger charge is 2.31. The van der Waals surface area contributed by atoms with E-state index in [1.165, 1.54) is 12.0 Å². The number of nitrogens with zero attached hydrogens (tertiary/aromatic N) is 2. The molecule has 0 aliphatic rings. The van der Waals surface area contributed by atoms with Gasteiger partial charge in [-0.05, 0) is 26.3 Å². The number of ketones is 1. The summed E-state index contributed by atoms with van der Waals surface area (Å²) in [7, 11) is 4.65. The number of amides is 1. The monoisotopic (exact) mass is 322 g/mol. The third kappa shape index (κ3) is 3.30. The van der Waals surface area contributed by atoms with Crippen molar-refractivity contribution in [3.8, 4) is 0 Å². The van der Waals surface area contributed by atoms with Gasteiger partial charge in [0.15, 0.2) is 5.78 Å². The summed E-state index contributed by atoms with van der Waals surface area (Å²) in [6, 6.07) is -0.602. The molecule has 1 unspecified atom stereocenters. The summed E-state index contributed by atoms with van der Waals surface area (Å²) in [6.07, 6.45) is 0. The molecule has 0 radical (unpaired) electrons. The van der Waals surface area contributed by atoms with Gasteiger partial charge in [0.2, 0.25) is 5.91 Å². The number of methoxy groups -OCH3 is 1. The van der Waals surface area contributed by atoms with Crippen LogP contribution < -0.4 is 0 Å². The molecule has 23 heavy (non-hydrogen) atoms. The predicted octanol–water partition coefficient (Wildman–Crippen LogP) is 2.11. The van der Waals surface area contributed by atoms with E-state index in [2.05, 4.69) is 0 Å². The topological polar surface area (TPSA) is 68.6 Å². The van der Waals surface area contributed by atoms with Crippen LogP contribution in [-0.2, 0) is 16.6 Å². The van der Waals surface area contributed by atoms with E-state index in [4.69, 9.17) is 4.74 Å². The molecule has 1 rings (SSSR count). The third-order valence-corrected chi connectivity index (χ3v) is 4.36. The van der Waals surface area contributed by atoms with Crippen LogP contribution in [0.4, 0.5) is 0 Å². The zero-order valence-electron chi connectivity index (χ0n) is 15.2. The maximum absolute atomic E-state index is 12.9. The first-order valence-electron chi connectivity index (χ1n) is 7.61. The maximum atomic E-state index is 12.9. The molecule has 6 nitrogen and oxygen atoms in total. The van der Waals surface area contributed by atoms with Crippen molar-refractivity contribution in [2.45, 2.75) is 40.7 Å². The summed E-state index contributed by atoms with van der Waals surface area (Å²) in [5.74, 6) is -0.933. The quantitative estimate of drug-likeness (QED) is 0.615. The molecule has 0 fully saturated rings. The normalized spacial score (nSPS) is 12.2. The summed E-state index contributed by atoms with van der Waals surface area (Å²) >= 11 is 0. The highest BCUT2D eigenvalue weighted by atomic mass is 16.5. The van der Waals surface area contributed by atoms with Crippen LogP contribution in [0.15, 0.2) is 0 Å². The van der Waals surface area contributed by atoms with Gasteiger partial charge < -0.3 is 14.2 Å². The van der Waals surface area contributed by atoms with E-state index in [1.54, 1.807) is 53.3 Å². The van der Waals surface area contributed by atoms with Gasteiger partial charge >= 0.3 is 5.97 Å². The van der Waals surface area contributed by atoms with Crippen LogP contribution in [0.2, 0.25) is 0 Å². The lowest BCUT2D eigenvalue weighted by atomic mass is 9.99. The van der Waals surface area contributed by atoms with E-state index in [1.807, 2.05) is 0 Å². The number of esters is 1. The number of hydrogen-bond donors (Lipinski definition) is 0. The first kappa shape index (κ1) is 18.9. The summed E-state index contributed by atoms with van der Waals surface area (Å²) in [5.41, 5.74) is 2.10. The first-order valence-corrected chi connectivity index (χ1v) is 7.61. The molecule has 0 bridgehead atoms. The van der Waals surface area contributed by atoms with Gasteiger partial charge in [-0.2, -0.15) is 0 Å². The van der Waals surface area contributed by atoms with Crippen LogP contribution in [0, 0.1) is 19.8 Å². The number of rotatable bonds is 5. The molecule has 1 atom stereocenters. The van der Waals surface area contributed by atoms with Crippen molar-refractivity contribution in [2.75, 3.05) is 14.2 Å². The predicted molar refractivity (Wildman–Crippen MR) is 87.6 cm³/mol. The van der Waals surface area contributed by atoms with E-state index in [0.29, 0.717) is 22.5 Å². The Morgan fingerprint density at radius 3 is 2.09 bits per heavy atom. The Morgan fingerprint density at radius 2 is 1.65 bits per heavy atom. The minimum Gasteiger partial charge on any atom is -0.464 e. The molecular formula is C17H26N2O4. The van der Waals surface area contributed by atoms with Gasteiger partial charge in [0, 0.05) is 31.3 Å². The fraction of sp³-hybridized carbons (Fsp3) is 0.588. The second kappa shape index (κ2) is 6.98. The summed E-state index contributed by atoms with van der Waals surface area (Å²) in [5, 5.41) is 0. The number of ether oxygens (including phenoxy) is 1. The zero-order valence-corrected chi connectivity index (χ0v) is 15.2. The number of hydrogen-bond acceptors (Lipinski definition) is 4. The number of likely N-dealkylation sites (N-methyl/N-ethyl adjacent to an activating group) is 1. The highest BCUT2D eigenvalue weighted by molar-refractivity contribution is 6.06. The molecule has 0 saturated heterocycles. The number of Topliss-reactive ketones (excluding diaryl/α,β-unsaturated/α-hetero) is 1. The zero-order chi connectivity index (χ0) is 18.1. The minimum absolute atomic E-state index is 0.0923. The molecule has 1 heterocycles. The fourth-order valence-electron chi connectivity index (χ4n) is 2.71. The van der Waals surface area contributed by atoms with Crippen molar-refractivity contribution in [1.29, 1.82) is 0 Å². The van der Waals surface area contributed by atoms with Crippen molar-refractivity contribution in [3.05, 3.63) is 22.5 Å². The summed E-state index contributed by atoms with van der Waals surface area (Å²) in [6.45, 7) is 8.80. The van der Waals surface area contributed by atoms with Crippen molar-refractivity contribution < 1.29 is 19.1 Å². The Kier molecular flexibility index (Phi) is 5.75. The summed E-state index contributed by atoms with van der Waals surface area (Å²) < 4.78 is 6.45. The van der Waals surface area contributed by atoms with Crippen LogP contribution in [-0.4, -0.2) is 47.3 Å². The Morgan fingerprint density at radius 1 is 1.13 bits per heavy atom. The Hall–Kier alpha value is -2.11. The van der Waals surface area contributed by atoms with Gasteiger partial charge in [-0.15, -0.1) is 0 Å². The largest absolute Gasteiger partial charge is 0.464 e. The molecule has 1 amide bonds. The van der Waals surface area contributed by atoms with Crippen LogP contribution >= 0.6 is 0 Å². The van der Waals surface area contributed by atoms with E-state index in [9.17, 15) is 14.4 Å². The average Bonchev–Trinajstić information content (AvgIpc) is 2.73. The number of carbonyl (C=O) groups is 3. The van der Waals surface area contributed by atoms with Gasteiger partial charge in [-0.25, -0.2) is 4.79 Å². The minimum atomic E-state index is -0.602. The number of aromatic nitrogens is 1. The Bertz CT molecular complexity index is 644. The van der Waals surface area contributed by atoms with Gasteiger partial charge in [0.25, 0.3) is 0 Å². The highest BCUT2D eigenvalue weighted by Crippen LogP contribution is 2.24. The van der Waals surface area contributed by atoms with Crippen LogP contribution in [0.25, 0.3) is 0 Å². The fourth-order valence-corrected chi connectivity index (χ4v) is 2.71. The average molecular weight is 322 g/mol. The van der Waals surface area contributed by atoms with E-state index < -0.39 is 12.0 Å².